The molecule has 2 aromatic carbocycles. The third-order valence-electron chi connectivity index (χ3n) is 3.56. The van der Waals surface area contributed by atoms with Gasteiger partial charge in [0.1, 0.15) is 5.69 Å². The zero-order chi connectivity index (χ0) is 16.9. The van der Waals surface area contributed by atoms with Crippen LogP contribution in [0.2, 0.25) is 0 Å². The second kappa shape index (κ2) is 6.91. The van der Waals surface area contributed by atoms with Crippen molar-refractivity contribution in [2.75, 3.05) is 10.6 Å². The van der Waals surface area contributed by atoms with Gasteiger partial charge in [0.05, 0.1) is 0 Å². The first-order chi connectivity index (χ1) is 11.6. The van der Waals surface area contributed by atoms with Gasteiger partial charge in [-0.2, -0.15) is 0 Å². The molecule has 0 fully saturated rings. The third kappa shape index (κ3) is 3.76. The molecule has 0 bridgehead atoms. The summed E-state index contributed by atoms with van der Waals surface area (Å²) in [6.07, 6.45) is 1.57. The van der Waals surface area contributed by atoms with Crippen LogP contribution in [0.25, 0.3) is 0 Å². The number of aromatic nitrogens is 2. The number of rotatable bonds is 4. The molecule has 0 radical (unpaired) electrons. The average Bonchev–Trinajstić information content (AvgIpc) is 2.59. The van der Waals surface area contributed by atoms with Crippen molar-refractivity contribution in [3.63, 3.8) is 0 Å². The van der Waals surface area contributed by atoms with Crippen molar-refractivity contribution in [2.24, 2.45) is 0 Å². The quantitative estimate of drug-likeness (QED) is 0.760. The number of carbonyl (C=O) groups is 1. The number of hydrogen-bond acceptors (Lipinski definition) is 4. The summed E-state index contributed by atoms with van der Waals surface area (Å²) in [6.45, 7) is 4.03. The number of hydrogen-bond donors (Lipinski definition) is 2. The van der Waals surface area contributed by atoms with Crippen molar-refractivity contribution >= 4 is 23.2 Å². The molecule has 120 valence electrons. The fourth-order valence-corrected chi connectivity index (χ4v) is 2.25. The standard InChI is InChI=1S/C19H18N4O/c1-13-8-9-14(2)17(12-13)23-19-20-11-10-16(22-19)18(24)21-15-6-4-3-5-7-15/h3-12H,1-2H3,(H,21,24)(H,20,22,23). The molecule has 0 saturated heterocycles. The zero-order valence-electron chi connectivity index (χ0n) is 13.6. The smallest absolute Gasteiger partial charge is 0.274 e. The molecular weight excluding hydrogens is 300 g/mol. The topological polar surface area (TPSA) is 66.9 Å². The van der Waals surface area contributed by atoms with Crippen molar-refractivity contribution in [3.8, 4) is 0 Å². The number of para-hydroxylation sites is 1. The van der Waals surface area contributed by atoms with Crippen molar-refractivity contribution in [3.05, 3.63) is 77.6 Å². The van der Waals surface area contributed by atoms with E-state index < -0.39 is 0 Å². The Labute approximate surface area is 140 Å². The van der Waals surface area contributed by atoms with Crippen LogP contribution in [0.5, 0.6) is 0 Å². The van der Waals surface area contributed by atoms with Crippen LogP contribution >= 0.6 is 0 Å². The number of aryl methyl sites for hydroxylation is 2. The predicted octanol–water partition coefficient (Wildman–Crippen LogP) is 4.09. The highest BCUT2D eigenvalue weighted by Crippen LogP contribution is 2.19. The molecule has 5 nitrogen and oxygen atoms in total. The first-order valence-corrected chi connectivity index (χ1v) is 7.65. The largest absolute Gasteiger partial charge is 0.324 e. The lowest BCUT2D eigenvalue weighted by atomic mass is 10.1. The molecule has 1 amide bonds. The van der Waals surface area contributed by atoms with E-state index in [0.717, 1.165) is 22.5 Å². The Morgan fingerprint density at radius 2 is 1.79 bits per heavy atom. The maximum absolute atomic E-state index is 12.3. The van der Waals surface area contributed by atoms with Gasteiger partial charge in [-0.3, -0.25) is 4.79 Å². The van der Waals surface area contributed by atoms with Crippen LogP contribution in [0.15, 0.2) is 60.8 Å². The lowest BCUT2D eigenvalue weighted by molar-refractivity contribution is 0.102. The molecule has 0 aliphatic carbocycles. The van der Waals surface area contributed by atoms with E-state index in [4.69, 9.17) is 0 Å². The Balaban J connectivity index is 1.79. The highest BCUT2D eigenvalue weighted by atomic mass is 16.1. The molecule has 3 rings (SSSR count). The minimum absolute atomic E-state index is 0.271. The van der Waals surface area contributed by atoms with Crippen LogP contribution < -0.4 is 10.6 Å². The van der Waals surface area contributed by atoms with Crippen molar-refractivity contribution in [1.82, 2.24) is 9.97 Å². The lowest BCUT2D eigenvalue weighted by Gasteiger charge is -2.10. The van der Waals surface area contributed by atoms with E-state index in [0.29, 0.717) is 11.6 Å². The van der Waals surface area contributed by atoms with Gasteiger partial charge in [-0.25, -0.2) is 9.97 Å². The summed E-state index contributed by atoms with van der Waals surface area (Å²) in [5.41, 5.74) is 4.19. The van der Waals surface area contributed by atoms with E-state index in [1.165, 1.54) is 0 Å². The van der Waals surface area contributed by atoms with E-state index in [9.17, 15) is 4.79 Å². The number of carbonyl (C=O) groups excluding carboxylic acids is 1. The second-order valence-electron chi connectivity index (χ2n) is 5.53. The van der Waals surface area contributed by atoms with Crippen molar-refractivity contribution in [1.29, 1.82) is 0 Å². The van der Waals surface area contributed by atoms with Crippen LogP contribution in [0.1, 0.15) is 21.6 Å². The molecule has 0 atom stereocenters. The van der Waals surface area contributed by atoms with Crippen LogP contribution in [-0.2, 0) is 0 Å². The third-order valence-corrected chi connectivity index (χ3v) is 3.56. The van der Waals surface area contributed by atoms with Crippen molar-refractivity contribution in [2.45, 2.75) is 13.8 Å². The van der Waals surface area contributed by atoms with Gasteiger partial charge in [0.15, 0.2) is 0 Å². The molecule has 0 aliphatic heterocycles. The first kappa shape index (κ1) is 15.7. The summed E-state index contributed by atoms with van der Waals surface area (Å²) in [5.74, 6) is 0.122. The van der Waals surface area contributed by atoms with E-state index in [2.05, 4.69) is 20.6 Å². The number of nitrogens with one attached hydrogen (secondary N) is 2. The molecule has 1 aromatic heterocycles. The summed E-state index contributed by atoms with van der Waals surface area (Å²) in [4.78, 5) is 20.8. The summed E-state index contributed by atoms with van der Waals surface area (Å²) < 4.78 is 0. The maximum atomic E-state index is 12.3. The Hall–Kier alpha value is -3.21. The molecule has 5 heteroatoms. The molecule has 0 spiro atoms. The van der Waals surface area contributed by atoms with Gasteiger partial charge in [-0.15, -0.1) is 0 Å². The Bertz CT molecular complexity index is 862. The normalized spacial score (nSPS) is 10.2. The van der Waals surface area contributed by atoms with Crippen LogP contribution in [0.4, 0.5) is 17.3 Å². The SMILES string of the molecule is Cc1ccc(C)c(Nc2nccc(C(=O)Nc3ccccc3)n2)c1. The van der Waals surface area contributed by atoms with Crippen LogP contribution in [0, 0.1) is 13.8 Å². The molecule has 0 unspecified atom stereocenters. The Morgan fingerprint density at radius 3 is 2.58 bits per heavy atom. The number of benzene rings is 2. The number of anilines is 3. The molecule has 1 heterocycles. The van der Waals surface area contributed by atoms with Gasteiger partial charge in [0.2, 0.25) is 5.95 Å². The van der Waals surface area contributed by atoms with E-state index in [1.54, 1.807) is 12.3 Å². The minimum Gasteiger partial charge on any atom is -0.324 e. The van der Waals surface area contributed by atoms with Gasteiger partial charge < -0.3 is 10.6 Å². The van der Waals surface area contributed by atoms with Gasteiger partial charge in [0.25, 0.3) is 5.91 Å². The zero-order valence-corrected chi connectivity index (χ0v) is 13.6. The molecule has 0 saturated carbocycles. The van der Waals surface area contributed by atoms with E-state index >= 15 is 0 Å². The highest BCUT2D eigenvalue weighted by molar-refractivity contribution is 6.02. The predicted molar refractivity (Wildman–Crippen MR) is 95.6 cm³/mol. The van der Waals surface area contributed by atoms with E-state index in [-0.39, 0.29) is 5.91 Å². The Kier molecular flexibility index (Phi) is 4.52. The molecule has 0 aliphatic rings. The summed E-state index contributed by atoms with van der Waals surface area (Å²) in [7, 11) is 0. The van der Waals surface area contributed by atoms with Crippen molar-refractivity contribution < 1.29 is 4.79 Å². The van der Waals surface area contributed by atoms with Crippen LogP contribution in [-0.4, -0.2) is 15.9 Å². The molecule has 2 N–H and O–H groups in total. The van der Waals surface area contributed by atoms with Gasteiger partial charge >= 0.3 is 0 Å². The van der Waals surface area contributed by atoms with E-state index in [1.807, 2.05) is 62.4 Å². The Morgan fingerprint density at radius 1 is 1.00 bits per heavy atom. The molecule has 24 heavy (non-hydrogen) atoms. The van der Waals surface area contributed by atoms with Gasteiger partial charge in [-0.05, 0) is 49.2 Å². The monoisotopic (exact) mass is 318 g/mol. The van der Waals surface area contributed by atoms with Crippen LogP contribution in [0.3, 0.4) is 0 Å². The average molecular weight is 318 g/mol. The number of nitrogens with zero attached hydrogens (tertiary/aromatic N) is 2. The molecular formula is C19H18N4O. The minimum atomic E-state index is -0.271. The fraction of sp³-hybridized carbons (Fsp3) is 0.105. The molecule has 3 aromatic rings. The summed E-state index contributed by atoms with van der Waals surface area (Å²) in [6, 6.07) is 17.0. The lowest BCUT2D eigenvalue weighted by Crippen LogP contribution is -2.14. The summed E-state index contributed by atoms with van der Waals surface area (Å²) in [5, 5.41) is 5.98. The maximum Gasteiger partial charge on any atom is 0.274 e. The number of amides is 1. The summed E-state index contributed by atoms with van der Waals surface area (Å²) >= 11 is 0. The first-order valence-electron chi connectivity index (χ1n) is 7.65. The highest BCUT2D eigenvalue weighted by Gasteiger charge is 2.10. The second-order valence-corrected chi connectivity index (χ2v) is 5.53. The fourth-order valence-electron chi connectivity index (χ4n) is 2.25. The van der Waals surface area contributed by atoms with Gasteiger partial charge in [-0.1, -0.05) is 30.3 Å². The van der Waals surface area contributed by atoms with Gasteiger partial charge in [0, 0.05) is 17.6 Å².